The molecule has 0 saturated heterocycles. The molecule has 1 fully saturated rings. The van der Waals surface area contributed by atoms with Crippen LogP contribution in [0, 0.1) is 5.92 Å². The maximum atomic E-state index is 9.22. The van der Waals surface area contributed by atoms with E-state index in [2.05, 4.69) is 19.2 Å². The van der Waals surface area contributed by atoms with Crippen molar-refractivity contribution in [3.63, 3.8) is 0 Å². The largest absolute Gasteiger partial charge is 0.508 e. The molecular weight excluding hydrogens is 210 g/mol. The van der Waals surface area contributed by atoms with Gasteiger partial charge in [0.2, 0.25) is 0 Å². The number of phenols is 1. The zero-order chi connectivity index (χ0) is 12.3. The van der Waals surface area contributed by atoms with Crippen molar-refractivity contribution < 1.29 is 5.11 Å². The minimum atomic E-state index is 0.347. The molecule has 3 atom stereocenters. The van der Waals surface area contributed by atoms with Gasteiger partial charge < -0.3 is 10.4 Å². The van der Waals surface area contributed by atoms with Crippen molar-refractivity contribution in [1.29, 1.82) is 0 Å². The number of benzene rings is 1. The third-order valence-corrected chi connectivity index (χ3v) is 3.56. The molecule has 0 aliphatic heterocycles. The molecule has 2 nitrogen and oxygen atoms in total. The van der Waals surface area contributed by atoms with E-state index < -0.39 is 0 Å². The molecule has 0 aromatic heterocycles. The maximum Gasteiger partial charge on any atom is 0.115 e. The molecule has 2 rings (SSSR count). The van der Waals surface area contributed by atoms with Crippen LogP contribution in [0.4, 0.5) is 0 Å². The normalized spacial score (nSPS) is 24.6. The topological polar surface area (TPSA) is 32.3 Å². The van der Waals surface area contributed by atoms with Crippen molar-refractivity contribution in [2.75, 3.05) is 0 Å². The van der Waals surface area contributed by atoms with Gasteiger partial charge in [-0.2, -0.15) is 0 Å². The van der Waals surface area contributed by atoms with Gasteiger partial charge in [-0.05, 0) is 49.8 Å². The van der Waals surface area contributed by atoms with Gasteiger partial charge in [-0.1, -0.05) is 25.5 Å². The molecule has 0 amide bonds. The molecule has 2 N–H and O–H groups in total. The molecule has 0 bridgehead atoms. The monoisotopic (exact) mass is 233 g/mol. The lowest BCUT2D eigenvalue weighted by Crippen LogP contribution is -2.31. The highest BCUT2D eigenvalue weighted by atomic mass is 16.3. The Labute approximate surface area is 104 Å². The summed E-state index contributed by atoms with van der Waals surface area (Å²) < 4.78 is 0. The van der Waals surface area contributed by atoms with E-state index in [-0.39, 0.29) is 0 Å². The van der Waals surface area contributed by atoms with E-state index in [0.29, 0.717) is 11.8 Å². The van der Waals surface area contributed by atoms with Crippen LogP contribution in [0.25, 0.3) is 0 Å². The van der Waals surface area contributed by atoms with Crippen molar-refractivity contribution in [3.05, 3.63) is 29.8 Å². The Balaban J connectivity index is 1.74. The zero-order valence-corrected chi connectivity index (χ0v) is 10.8. The summed E-state index contributed by atoms with van der Waals surface area (Å²) in [5, 5.41) is 12.9. The van der Waals surface area contributed by atoms with E-state index in [9.17, 15) is 5.11 Å². The fourth-order valence-corrected chi connectivity index (χ4v) is 2.55. The summed E-state index contributed by atoms with van der Waals surface area (Å²) in [6.45, 7) is 4.50. The summed E-state index contributed by atoms with van der Waals surface area (Å²) in [5.74, 6) is 1.27. The first-order valence-corrected chi connectivity index (χ1v) is 6.73. The summed E-state index contributed by atoms with van der Waals surface area (Å²) in [6, 6.07) is 8.81. The van der Waals surface area contributed by atoms with E-state index in [1.54, 1.807) is 12.1 Å². The Bertz CT molecular complexity index is 346. The minimum absolute atomic E-state index is 0.347. The van der Waals surface area contributed by atoms with Crippen molar-refractivity contribution in [3.8, 4) is 5.75 Å². The summed E-state index contributed by atoms with van der Waals surface area (Å²) >= 11 is 0. The van der Waals surface area contributed by atoms with Gasteiger partial charge in [-0.25, -0.2) is 0 Å². The predicted octanol–water partition coefficient (Wildman–Crippen LogP) is 3.10. The average Bonchev–Trinajstić information content (AvgIpc) is 3.00. The number of hydrogen-bond acceptors (Lipinski definition) is 2. The van der Waals surface area contributed by atoms with Crippen LogP contribution in [0.3, 0.4) is 0 Å². The highest BCUT2D eigenvalue weighted by Gasteiger charge is 2.36. The van der Waals surface area contributed by atoms with Gasteiger partial charge in [0.25, 0.3) is 0 Å². The molecule has 2 heteroatoms. The summed E-state index contributed by atoms with van der Waals surface area (Å²) in [6.07, 6.45) is 5.06. The maximum absolute atomic E-state index is 9.22. The van der Waals surface area contributed by atoms with Gasteiger partial charge in [0.15, 0.2) is 0 Å². The molecule has 1 aliphatic carbocycles. The standard InChI is InChI=1S/C15H23NO/c1-3-4-13-10-15(13)16-11(2)9-12-5-7-14(17)8-6-12/h5-8,11,13,15-17H,3-4,9-10H2,1-2H3. The van der Waals surface area contributed by atoms with Crippen LogP contribution in [-0.2, 0) is 6.42 Å². The van der Waals surface area contributed by atoms with Crippen LogP contribution in [0.15, 0.2) is 24.3 Å². The predicted molar refractivity (Wildman–Crippen MR) is 71.2 cm³/mol. The Kier molecular flexibility index (Phi) is 4.06. The van der Waals surface area contributed by atoms with Crippen LogP contribution >= 0.6 is 0 Å². The first-order valence-electron chi connectivity index (χ1n) is 6.73. The fraction of sp³-hybridized carbons (Fsp3) is 0.600. The molecule has 0 heterocycles. The molecule has 17 heavy (non-hydrogen) atoms. The van der Waals surface area contributed by atoms with E-state index >= 15 is 0 Å². The van der Waals surface area contributed by atoms with Gasteiger partial charge in [0.05, 0.1) is 0 Å². The van der Waals surface area contributed by atoms with Crippen molar-refractivity contribution in [2.24, 2.45) is 5.92 Å². The van der Waals surface area contributed by atoms with E-state index in [0.717, 1.165) is 18.4 Å². The number of nitrogens with one attached hydrogen (secondary N) is 1. The van der Waals surface area contributed by atoms with Crippen LogP contribution in [0.2, 0.25) is 0 Å². The van der Waals surface area contributed by atoms with Crippen molar-refractivity contribution >= 4 is 0 Å². The lowest BCUT2D eigenvalue weighted by Gasteiger charge is -2.14. The highest BCUT2D eigenvalue weighted by molar-refractivity contribution is 5.26. The average molecular weight is 233 g/mol. The molecule has 1 aromatic rings. The first-order chi connectivity index (χ1) is 8.19. The van der Waals surface area contributed by atoms with Gasteiger partial charge in [-0.15, -0.1) is 0 Å². The van der Waals surface area contributed by atoms with Gasteiger partial charge in [0, 0.05) is 12.1 Å². The molecule has 1 aliphatic rings. The zero-order valence-electron chi connectivity index (χ0n) is 10.8. The minimum Gasteiger partial charge on any atom is -0.508 e. The second-order valence-corrected chi connectivity index (χ2v) is 5.33. The second kappa shape index (κ2) is 5.54. The number of rotatable bonds is 6. The molecule has 3 unspecified atom stereocenters. The fourth-order valence-electron chi connectivity index (χ4n) is 2.55. The highest BCUT2D eigenvalue weighted by Crippen LogP contribution is 2.34. The van der Waals surface area contributed by atoms with Gasteiger partial charge in [-0.3, -0.25) is 0 Å². The van der Waals surface area contributed by atoms with E-state index in [1.807, 2.05) is 12.1 Å². The summed E-state index contributed by atoms with van der Waals surface area (Å²) in [5.41, 5.74) is 1.29. The lowest BCUT2D eigenvalue weighted by molar-refractivity contribution is 0.474. The Hall–Kier alpha value is -1.02. The lowest BCUT2D eigenvalue weighted by atomic mass is 10.1. The molecule has 94 valence electrons. The quantitative estimate of drug-likeness (QED) is 0.791. The van der Waals surface area contributed by atoms with Crippen LogP contribution < -0.4 is 5.32 Å². The van der Waals surface area contributed by atoms with Crippen molar-refractivity contribution in [1.82, 2.24) is 5.32 Å². The van der Waals surface area contributed by atoms with Crippen LogP contribution in [0.5, 0.6) is 5.75 Å². The Morgan fingerprint density at radius 1 is 1.35 bits per heavy atom. The number of hydrogen-bond donors (Lipinski definition) is 2. The van der Waals surface area contributed by atoms with Crippen LogP contribution in [-0.4, -0.2) is 17.2 Å². The molecular formula is C15H23NO. The van der Waals surface area contributed by atoms with E-state index in [4.69, 9.17) is 0 Å². The third-order valence-electron chi connectivity index (χ3n) is 3.56. The van der Waals surface area contributed by atoms with Crippen LogP contribution in [0.1, 0.15) is 38.7 Å². The van der Waals surface area contributed by atoms with Gasteiger partial charge in [0.1, 0.15) is 5.75 Å². The number of aromatic hydroxyl groups is 1. The third kappa shape index (κ3) is 3.74. The second-order valence-electron chi connectivity index (χ2n) is 5.33. The molecule has 0 spiro atoms. The summed E-state index contributed by atoms with van der Waals surface area (Å²) in [7, 11) is 0. The Morgan fingerprint density at radius 2 is 2.06 bits per heavy atom. The van der Waals surface area contributed by atoms with Crippen molar-refractivity contribution in [2.45, 2.75) is 51.6 Å². The van der Waals surface area contributed by atoms with E-state index in [1.165, 1.54) is 24.8 Å². The number of phenolic OH excluding ortho intramolecular Hbond substituents is 1. The molecule has 1 saturated carbocycles. The van der Waals surface area contributed by atoms with Gasteiger partial charge >= 0.3 is 0 Å². The smallest absolute Gasteiger partial charge is 0.115 e. The SMILES string of the molecule is CCCC1CC1NC(C)Cc1ccc(O)cc1. The molecule has 0 radical (unpaired) electrons. The first kappa shape index (κ1) is 12.4. The molecule has 1 aromatic carbocycles. The Morgan fingerprint density at radius 3 is 2.71 bits per heavy atom. The summed E-state index contributed by atoms with van der Waals surface area (Å²) in [4.78, 5) is 0.